The van der Waals surface area contributed by atoms with Gasteiger partial charge in [-0.15, -0.1) is 0 Å². The minimum atomic E-state index is -0.0887. The summed E-state index contributed by atoms with van der Waals surface area (Å²) >= 11 is 0. The van der Waals surface area contributed by atoms with Crippen molar-refractivity contribution in [3.63, 3.8) is 0 Å². The summed E-state index contributed by atoms with van der Waals surface area (Å²) in [5.74, 6) is 0.761. The van der Waals surface area contributed by atoms with Crippen molar-refractivity contribution in [2.75, 3.05) is 0 Å². The molecule has 0 saturated heterocycles. The Morgan fingerprint density at radius 1 is 0.929 bits per heavy atom. The van der Waals surface area contributed by atoms with Crippen molar-refractivity contribution < 1.29 is 4.79 Å². The molecule has 4 heteroatoms. The van der Waals surface area contributed by atoms with Crippen LogP contribution in [0.3, 0.4) is 0 Å². The summed E-state index contributed by atoms with van der Waals surface area (Å²) in [7, 11) is 0. The molecule has 1 amide bonds. The van der Waals surface area contributed by atoms with Crippen molar-refractivity contribution in [1.29, 1.82) is 0 Å². The average molecular weight is 369 g/mol. The second-order valence-electron chi connectivity index (χ2n) is 7.14. The summed E-state index contributed by atoms with van der Waals surface area (Å²) in [6, 6.07) is 24.1. The number of nitrogens with one attached hydrogen (secondary N) is 1. The maximum absolute atomic E-state index is 12.5. The van der Waals surface area contributed by atoms with Gasteiger partial charge >= 0.3 is 0 Å². The summed E-state index contributed by atoms with van der Waals surface area (Å²) in [6.07, 6.45) is 0. The van der Waals surface area contributed by atoms with E-state index in [1.807, 2.05) is 49.4 Å². The lowest BCUT2D eigenvalue weighted by Gasteiger charge is -2.11. The molecule has 140 valence electrons. The predicted molar refractivity (Wildman–Crippen MR) is 112 cm³/mol. The fourth-order valence-corrected chi connectivity index (χ4v) is 3.40. The Morgan fingerprint density at radius 3 is 2.50 bits per heavy atom. The van der Waals surface area contributed by atoms with Gasteiger partial charge < -0.3 is 9.88 Å². The van der Waals surface area contributed by atoms with Gasteiger partial charge in [0.05, 0.1) is 17.6 Å². The quantitative estimate of drug-likeness (QED) is 0.557. The second-order valence-corrected chi connectivity index (χ2v) is 7.14. The van der Waals surface area contributed by atoms with E-state index in [1.165, 1.54) is 11.1 Å². The Hall–Kier alpha value is -3.40. The maximum Gasteiger partial charge on any atom is 0.251 e. The number of hydrogen-bond acceptors (Lipinski definition) is 2. The molecule has 0 aliphatic heterocycles. The highest BCUT2D eigenvalue weighted by molar-refractivity contribution is 5.94. The van der Waals surface area contributed by atoms with E-state index in [2.05, 4.69) is 47.1 Å². The first kappa shape index (κ1) is 18.0. The van der Waals surface area contributed by atoms with Gasteiger partial charge in [-0.05, 0) is 43.7 Å². The van der Waals surface area contributed by atoms with Gasteiger partial charge in [0.25, 0.3) is 5.91 Å². The van der Waals surface area contributed by atoms with Gasteiger partial charge in [0, 0.05) is 12.1 Å². The molecule has 0 fully saturated rings. The van der Waals surface area contributed by atoms with Gasteiger partial charge in [0.15, 0.2) is 0 Å². The number of amides is 1. The summed E-state index contributed by atoms with van der Waals surface area (Å²) in [4.78, 5) is 17.3. The number of imidazole rings is 1. The largest absolute Gasteiger partial charge is 0.345 e. The minimum absolute atomic E-state index is 0.0887. The number of aryl methyl sites for hydroxylation is 2. The molecule has 3 aromatic carbocycles. The van der Waals surface area contributed by atoms with Crippen molar-refractivity contribution in [2.24, 2.45) is 0 Å². The van der Waals surface area contributed by atoms with Crippen LogP contribution in [0.5, 0.6) is 0 Å². The molecule has 28 heavy (non-hydrogen) atoms. The van der Waals surface area contributed by atoms with Crippen molar-refractivity contribution in [1.82, 2.24) is 14.9 Å². The van der Waals surface area contributed by atoms with Crippen LogP contribution in [-0.4, -0.2) is 15.5 Å². The fraction of sp³-hybridized carbons (Fsp3) is 0.167. The van der Waals surface area contributed by atoms with Crippen molar-refractivity contribution >= 4 is 16.9 Å². The summed E-state index contributed by atoms with van der Waals surface area (Å²) in [5, 5.41) is 3.01. The molecule has 4 rings (SSSR count). The van der Waals surface area contributed by atoms with Gasteiger partial charge in [-0.1, -0.05) is 59.7 Å². The highest BCUT2D eigenvalue weighted by atomic mass is 16.1. The van der Waals surface area contributed by atoms with Crippen LogP contribution >= 0.6 is 0 Å². The molecule has 0 spiro atoms. The zero-order valence-corrected chi connectivity index (χ0v) is 16.1. The van der Waals surface area contributed by atoms with E-state index in [4.69, 9.17) is 4.98 Å². The monoisotopic (exact) mass is 369 g/mol. The van der Waals surface area contributed by atoms with Crippen LogP contribution in [0.2, 0.25) is 0 Å². The molecule has 4 aromatic rings. The number of carbonyl (C=O) groups excluding carboxylic acids is 1. The fourth-order valence-electron chi connectivity index (χ4n) is 3.40. The molecule has 0 atom stereocenters. The van der Waals surface area contributed by atoms with E-state index in [0.717, 1.165) is 29.0 Å². The molecular formula is C24H23N3O. The van der Waals surface area contributed by atoms with Crippen LogP contribution in [0.25, 0.3) is 11.0 Å². The van der Waals surface area contributed by atoms with Gasteiger partial charge in [0.2, 0.25) is 0 Å². The standard InChI is InChI=1S/C24H23N3O/c1-17-10-12-20(13-11-17)24(28)25-15-23-26-21-8-3-4-9-22(21)27(23)16-19-7-5-6-18(2)14-19/h3-14H,15-16H2,1-2H3,(H,25,28). The number of aromatic nitrogens is 2. The Morgan fingerprint density at radius 2 is 1.71 bits per heavy atom. The summed E-state index contributed by atoms with van der Waals surface area (Å²) in [6.45, 7) is 5.21. The molecular weight excluding hydrogens is 346 g/mol. The summed E-state index contributed by atoms with van der Waals surface area (Å²) in [5.41, 5.74) is 6.26. The Labute approximate surface area is 164 Å². The molecule has 0 bridgehead atoms. The van der Waals surface area contributed by atoms with E-state index in [9.17, 15) is 4.79 Å². The number of para-hydroxylation sites is 2. The number of carbonyl (C=O) groups is 1. The lowest BCUT2D eigenvalue weighted by atomic mass is 10.1. The van der Waals surface area contributed by atoms with Crippen LogP contribution in [0, 0.1) is 13.8 Å². The van der Waals surface area contributed by atoms with Gasteiger partial charge in [-0.25, -0.2) is 4.98 Å². The molecule has 0 aliphatic carbocycles. The molecule has 0 unspecified atom stereocenters. The molecule has 1 N–H and O–H groups in total. The summed E-state index contributed by atoms with van der Waals surface area (Å²) < 4.78 is 2.18. The molecule has 1 aromatic heterocycles. The topological polar surface area (TPSA) is 46.9 Å². The van der Waals surface area contributed by atoms with E-state index in [-0.39, 0.29) is 5.91 Å². The van der Waals surface area contributed by atoms with Crippen molar-refractivity contribution in [3.8, 4) is 0 Å². The van der Waals surface area contributed by atoms with Crippen LogP contribution in [-0.2, 0) is 13.1 Å². The van der Waals surface area contributed by atoms with Crippen LogP contribution in [0.4, 0.5) is 0 Å². The zero-order chi connectivity index (χ0) is 19.5. The number of hydrogen-bond donors (Lipinski definition) is 1. The number of fused-ring (bicyclic) bond motifs is 1. The highest BCUT2D eigenvalue weighted by Gasteiger charge is 2.13. The van der Waals surface area contributed by atoms with E-state index in [1.54, 1.807) is 0 Å². The van der Waals surface area contributed by atoms with Gasteiger partial charge in [-0.3, -0.25) is 4.79 Å². The van der Waals surface area contributed by atoms with Gasteiger partial charge in [-0.2, -0.15) is 0 Å². The highest BCUT2D eigenvalue weighted by Crippen LogP contribution is 2.18. The third kappa shape index (κ3) is 3.81. The molecule has 0 radical (unpaired) electrons. The first-order valence-corrected chi connectivity index (χ1v) is 9.45. The number of benzene rings is 3. The maximum atomic E-state index is 12.5. The Balaban J connectivity index is 1.61. The third-order valence-corrected chi connectivity index (χ3v) is 4.88. The van der Waals surface area contributed by atoms with E-state index in [0.29, 0.717) is 12.1 Å². The average Bonchev–Trinajstić information content (AvgIpc) is 3.04. The number of rotatable bonds is 5. The lowest BCUT2D eigenvalue weighted by molar-refractivity contribution is 0.0949. The minimum Gasteiger partial charge on any atom is -0.345 e. The van der Waals surface area contributed by atoms with Gasteiger partial charge in [0.1, 0.15) is 5.82 Å². The third-order valence-electron chi connectivity index (χ3n) is 4.88. The zero-order valence-electron chi connectivity index (χ0n) is 16.1. The SMILES string of the molecule is Cc1ccc(C(=O)NCc2nc3ccccc3n2Cc2cccc(C)c2)cc1. The second kappa shape index (κ2) is 7.69. The predicted octanol–water partition coefficient (Wildman–Crippen LogP) is 4.63. The van der Waals surface area contributed by atoms with Crippen molar-refractivity contribution in [2.45, 2.75) is 26.9 Å². The normalized spacial score (nSPS) is 10.9. The molecule has 0 aliphatic rings. The van der Waals surface area contributed by atoms with E-state index < -0.39 is 0 Å². The van der Waals surface area contributed by atoms with Crippen LogP contribution in [0.15, 0.2) is 72.8 Å². The lowest BCUT2D eigenvalue weighted by Crippen LogP contribution is -2.24. The molecule has 0 saturated carbocycles. The first-order chi connectivity index (χ1) is 13.6. The molecule has 4 nitrogen and oxygen atoms in total. The molecule has 1 heterocycles. The van der Waals surface area contributed by atoms with Crippen molar-refractivity contribution in [3.05, 3.63) is 101 Å². The Bertz CT molecular complexity index is 1130. The first-order valence-electron chi connectivity index (χ1n) is 9.45. The number of nitrogens with zero attached hydrogens (tertiary/aromatic N) is 2. The van der Waals surface area contributed by atoms with E-state index >= 15 is 0 Å². The Kier molecular flexibility index (Phi) is 4.94. The smallest absolute Gasteiger partial charge is 0.251 e. The van der Waals surface area contributed by atoms with Crippen LogP contribution in [0.1, 0.15) is 32.9 Å². The van der Waals surface area contributed by atoms with Crippen LogP contribution < -0.4 is 5.32 Å².